The number of carbonyl (C=O) groups is 1. The van der Waals surface area contributed by atoms with Crippen LogP contribution >= 0.6 is 0 Å². The van der Waals surface area contributed by atoms with Gasteiger partial charge in [-0.3, -0.25) is 4.98 Å². The zero-order valence-corrected chi connectivity index (χ0v) is 15.0. The lowest BCUT2D eigenvalue weighted by Crippen LogP contribution is -2.41. The van der Waals surface area contributed by atoms with Crippen molar-refractivity contribution in [1.82, 2.24) is 34.9 Å². The number of carbonyl (C=O) groups excluding carboxylic acids is 1. The third-order valence-corrected chi connectivity index (χ3v) is 3.97. The van der Waals surface area contributed by atoms with Crippen molar-refractivity contribution in [2.75, 3.05) is 6.54 Å². The van der Waals surface area contributed by atoms with Crippen LogP contribution in [-0.4, -0.2) is 42.2 Å². The Labute approximate surface area is 151 Å². The van der Waals surface area contributed by atoms with Crippen LogP contribution in [0.3, 0.4) is 0 Å². The molecule has 0 aromatic carbocycles. The predicted octanol–water partition coefficient (Wildman–Crippen LogP) is 2.16. The van der Waals surface area contributed by atoms with E-state index in [1.165, 1.54) is 0 Å². The Morgan fingerprint density at radius 1 is 1.35 bits per heavy atom. The minimum Gasteiger partial charge on any atom is -0.337 e. The molecule has 0 unspecified atom stereocenters. The Morgan fingerprint density at radius 3 is 2.85 bits per heavy atom. The van der Waals surface area contributed by atoms with Gasteiger partial charge in [-0.05, 0) is 26.0 Å². The second kappa shape index (κ2) is 7.77. The summed E-state index contributed by atoms with van der Waals surface area (Å²) in [5.74, 6) is 1.53. The Bertz CT molecular complexity index is 859. The molecule has 1 N–H and O–H groups in total. The highest BCUT2D eigenvalue weighted by atomic mass is 16.5. The van der Waals surface area contributed by atoms with Crippen molar-refractivity contribution >= 4 is 6.03 Å². The minimum atomic E-state index is -0.428. The largest absolute Gasteiger partial charge is 0.337 e. The molecule has 0 aliphatic carbocycles. The molecule has 0 radical (unpaired) electrons. The molecule has 1 atom stereocenters. The predicted molar refractivity (Wildman–Crippen MR) is 93.8 cm³/mol. The number of hydrogen-bond donors (Lipinski definition) is 1. The number of pyridine rings is 1. The van der Waals surface area contributed by atoms with E-state index in [-0.39, 0.29) is 6.03 Å². The summed E-state index contributed by atoms with van der Waals surface area (Å²) < 4.78 is 7.15. The SMILES string of the molecule is CCN(Cc1nccn1C)C(=O)N[C@@H](C)c1nc(-c2ccccn2)no1. The molecule has 0 saturated carbocycles. The number of aryl methyl sites for hydroxylation is 1. The van der Waals surface area contributed by atoms with E-state index in [1.54, 1.807) is 30.3 Å². The zero-order valence-electron chi connectivity index (χ0n) is 15.0. The third kappa shape index (κ3) is 3.88. The first-order valence-corrected chi connectivity index (χ1v) is 8.35. The summed E-state index contributed by atoms with van der Waals surface area (Å²) in [5.41, 5.74) is 0.617. The highest BCUT2D eigenvalue weighted by Gasteiger charge is 2.21. The minimum absolute atomic E-state index is 0.222. The highest BCUT2D eigenvalue weighted by Crippen LogP contribution is 2.16. The molecule has 3 aromatic rings. The Hall–Kier alpha value is -3.23. The maximum Gasteiger partial charge on any atom is 0.318 e. The number of rotatable bonds is 6. The maximum absolute atomic E-state index is 12.5. The highest BCUT2D eigenvalue weighted by molar-refractivity contribution is 5.74. The molecular formula is C17H21N7O2. The fourth-order valence-corrected chi connectivity index (χ4v) is 2.40. The number of imidazole rings is 1. The summed E-state index contributed by atoms with van der Waals surface area (Å²) in [6.07, 6.45) is 5.22. The standard InChI is InChI=1S/C17H21N7O2/c1-4-24(11-14-19-9-10-23(14)3)17(25)20-12(2)16-21-15(22-26-16)13-7-5-6-8-18-13/h5-10,12H,4,11H2,1-3H3,(H,20,25)/t12-/m0/s1. The monoisotopic (exact) mass is 355 g/mol. The van der Waals surface area contributed by atoms with Crippen molar-refractivity contribution in [3.05, 3.63) is 48.5 Å². The molecular weight excluding hydrogens is 334 g/mol. The number of urea groups is 1. The molecule has 0 fully saturated rings. The molecule has 0 aliphatic rings. The summed E-state index contributed by atoms with van der Waals surface area (Å²) in [7, 11) is 1.90. The average Bonchev–Trinajstić information content (AvgIpc) is 3.29. The van der Waals surface area contributed by atoms with Crippen LogP contribution in [0.1, 0.15) is 31.6 Å². The lowest BCUT2D eigenvalue weighted by Gasteiger charge is -2.22. The smallest absolute Gasteiger partial charge is 0.318 e. The van der Waals surface area contributed by atoms with Crippen molar-refractivity contribution in [2.24, 2.45) is 7.05 Å². The Balaban J connectivity index is 1.65. The third-order valence-electron chi connectivity index (χ3n) is 3.97. The molecule has 0 spiro atoms. The lowest BCUT2D eigenvalue weighted by molar-refractivity contribution is 0.190. The first-order chi connectivity index (χ1) is 12.6. The molecule has 9 heteroatoms. The molecule has 0 bridgehead atoms. The van der Waals surface area contributed by atoms with Crippen LogP contribution in [0.15, 0.2) is 41.3 Å². The first kappa shape index (κ1) is 17.6. The van der Waals surface area contributed by atoms with Gasteiger partial charge in [-0.15, -0.1) is 0 Å². The zero-order chi connectivity index (χ0) is 18.5. The van der Waals surface area contributed by atoms with Crippen molar-refractivity contribution in [3.63, 3.8) is 0 Å². The van der Waals surface area contributed by atoms with Gasteiger partial charge in [-0.2, -0.15) is 4.98 Å². The van der Waals surface area contributed by atoms with E-state index in [9.17, 15) is 4.79 Å². The Morgan fingerprint density at radius 2 is 2.19 bits per heavy atom. The number of aromatic nitrogens is 5. The van der Waals surface area contributed by atoms with Gasteiger partial charge in [0.05, 0.1) is 6.54 Å². The normalized spacial score (nSPS) is 12.0. The molecule has 3 heterocycles. The summed E-state index contributed by atoms with van der Waals surface area (Å²) in [6, 6.07) is 4.81. The van der Waals surface area contributed by atoms with Crippen LogP contribution in [0, 0.1) is 0 Å². The van der Waals surface area contributed by atoms with Crippen molar-refractivity contribution in [3.8, 4) is 11.5 Å². The summed E-state index contributed by atoms with van der Waals surface area (Å²) in [5, 5.41) is 6.80. The van der Waals surface area contributed by atoms with Gasteiger partial charge in [0.1, 0.15) is 17.6 Å². The number of amides is 2. The van der Waals surface area contributed by atoms with E-state index in [2.05, 4.69) is 25.4 Å². The van der Waals surface area contributed by atoms with Crippen LogP contribution in [-0.2, 0) is 13.6 Å². The quantitative estimate of drug-likeness (QED) is 0.727. The summed E-state index contributed by atoms with van der Waals surface area (Å²) >= 11 is 0. The molecule has 3 aromatic heterocycles. The first-order valence-electron chi connectivity index (χ1n) is 8.35. The Kier molecular flexibility index (Phi) is 5.26. The summed E-state index contributed by atoms with van der Waals surface area (Å²) in [6.45, 7) is 4.68. The average molecular weight is 355 g/mol. The van der Waals surface area contributed by atoms with Gasteiger partial charge in [0.25, 0.3) is 0 Å². The molecule has 26 heavy (non-hydrogen) atoms. The second-order valence-corrected chi connectivity index (χ2v) is 5.81. The van der Waals surface area contributed by atoms with Crippen LogP contribution in [0.2, 0.25) is 0 Å². The van der Waals surface area contributed by atoms with Crippen LogP contribution in [0.4, 0.5) is 4.79 Å². The van der Waals surface area contributed by atoms with Gasteiger partial charge < -0.3 is 19.3 Å². The van der Waals surface area contributed by atoms with E-state index in [0.29, 0.717) is 30.5 Å². The molecule has 2 amide bonds. The van der Waals surface area contributed by atoms with Gasteiger partial charge in [0.15, 0.2) is 0 Å². The molecule has 3 rings (SSSR count). The van der Waals surface area contributed by atoms with Crippen LogP contribution < -0.4 is 5.32 Å². The van der Waals surface area contributed by atoms with Crippen LogP contribution in [0.5, 0.6) is 0 Å². The molecule has 0 saturated heterocycles. The van der Waals surface area contributed by atoms with Crippen molar-refractivity contribution < 1.29 is 9.32 Å². The second-order valence-electron chi connectivity index (χ2n) is 5.81. The van der Waals surface area contributed by atoms with E-state index >= 15 is 0 Å². The van der Waals surface area contributed by atoms with E-state index < -0.39 is 6.04 Å². The van der Waals surface area contributed by atoms with Gasteiger partial charge in [0.2, 0.25) is 11.7 Å². The van der Waals surface area contributed by atoms with Crippen LogP contribution in [0.25, 0.3) is 11.5 Å². The van der Waals surface area contributed by atoms with Gasteiger partial charge in [0, 0.05) is 32.2 Å². The van der Waals surface area contributed by atoms with Gasteiger partial charge in [-0.25, -0.2) is 9.78 Å². The van der Waals surface area contributed by atoms with Gasteiger partial charge in [-0.1, -0.05) is 11.2 Å². The van der Waals surface area contributed by atoms with E-state index in [1.807, 2.05) is 36.9 Å². The topological polar surface area (TPSA) is 102 Å². The van der Waals surface area contributed by atoms with Crippen molar-refractivity contribution in [2.45, 2.75) is 26.4 Å². The molecule has 9 nitrogen and oxygen atoms in total. The fourth-order valence-electron chi connectivity index (χ4n) is 2.40. The van der Waals surface area contributed by atoms with E-state index in [0.717, 1.165) is 5.82 Å². The van der Waals surface area contributed by atoms with E-state index in [4.69, 9.17) is 4.52 Å². The number of nitrogens with one attached hydrogen (secondary N) is 1. The van der Waals surface area contributed by atoms with Crippen molar-refractivity contribution in [1.29, 1.82) is 0 Å². The maximum atomic E-state index is 12.5. The fraction of sp³-hybridized carbons (Fsp3) is 0.353. The molecule has 0 aliphatic heterocycles. The van der Waals surface area contributed by atoms with Gasteiger partial charge >= 0.3 is 6.03 Å². The molecule has 136 valence electrons. The number of nitrogens with zero attached hydrogens (tertiary/aromatic N) is 6. The number of hydrogen-bond acceptors (Lipinski definition) is 6. The lowest BCUT2D eigenvalue weighted by atomic mass is 10.3. The summed E-state index contributed by atoms with van der Waals surface area (Å²) in [4.78, 5) is 27.0.